The molecular formula is C24H17NO3. The highest BCUT2D eigenvalue weighted by molar-refractivity contribution is 6.25. The monoisotopic (exact) mass is 367 g/mol. The Hall–Kier alpha value is -3.66. The highest BCUT2D eigenvalue weighted by atomic mass is 16.5. The fourth-order valence-electron chi connectivity index (χ4n) is 3.75. The molecular weight excluding hydrogens is 350 g/mol. The van der Waals surface area contributed by atoms with E-state index >= 15 is 0 Å². The van der Waals surface area contributed by atoms with Crippen LogP contribution < -0.4 is 9.47 Å². The second-order valence-corrected chi connectivity index (χ2v) is 6.71. The lowest BCUT2D eigenvalue weighted by Gasteiger charge is -2.21. The van der Waals surface area contributed by atoms with E-state index in [1.165, 1.54) is 0 Å². The number of carbonyl (C=O) groups excluding carboxylic acids is 1. The van der Waals surface area contributed by atoms with Crippen molar-refractivity contribution < 1.29 is 14.3 Å². The van der Waals surface area contributed by atoms with Crippen molar-refractivity contribution in [3.8, 4) is 22.6 Å². The first-order valence-electron chi connectivity index (χ1n) is 9.08. The number of ether oxygens (including phenoxy) is 2. The molecule has 0 aliphatic heterocycles. The summed E-state index contributed by atoms with van der Waals surface area (Å²) >= 11 is 0. The molecule has 4 nitrogen and oxygen atoms in total. The number of carbonyl (C=O) groups is 1. The Kier molecular flexibility index (Phi) is 3.83. The zero-order valence-corrected chi connectivity index (χ0v) is 15.3. The summed E-state index contributed by atoms with van der Waals surface area (Å²) in [7, 11) is 1.63. The van der Waals surface area contributed by atoms with Crippen molar-refractivity contribution in [3.63, 3.8) is 0 Å². The van der Waals surface area contributed by atoms with Gasteiger partial charge in [-0.25, -0.2) is 0 Å². The number of fused-ring (bicyclic) bond motifs is 2. The molecule has 0 spiro atoms. The zero-order chi connectivity index (χ0) is 19.1. The van der Waals surface area contributed by atoms with Gasteiger partial charge in [0, 0.05) is 22.5 Å². The first-order valence-corrected chi connectivity index (χ1v) is 9.08. The van der Waals surface area contributed by atoms with Crippen LogP contribution in [-0.4, -0.2) is 17.9 Å². The van der Waals surface area contributed by atoms with Crippen LogP contribution in [0.1, 0.15) is 21.6 Å². The first-order chi connectivity index (χ1) is 13.8. The van der Waals surface area contributed by atoms with Crippen molar-refractivity contribution in [2.75, 3.05) is 7.11 Å². The third kappa shape index (κ3) is 2.54. The second kappa shape index (κ2) is 6.50. The summed E-state index contributed by atoms with van der Waals surface area (Å²) in [5, 5.41) is 1.74. The fraction of sp³-hybridized carbons (Fsp3) is 0.0833. The molecule has 136 valence electrons. The number of pyridine rings is 1. The number of hydrogen-bond acceptors (Lipinski definition) is 4. The molecule has 0 radical (unpaired) electrons. The maximum Gasteiger partial charge on any atom is 0.212 e. The molecule has 1 aliphatic rings. The molecule has 0 N–H and O–H groups in total. The van der Waals surface area contributed by atoms with Gasteiger partial charge in [-0.2, -0.15) is 0 Å². The average Bonchev–Trinajstić information content (AvgIpc) is 2.76. The molecule has 1 aromatic heterocycles. The predicted octanol–water partition coefficient (Wildman–Crippen LogP) is 5.03. The highest BCUT2D eigenvalue weighted by Gasteiger charge is 2.27. The smallest absolute Gasteiger partial charge is 0.212 e. The largest absolute Gasteiger partial charge is 0.496 e. The molecule has 28 heavy (non-hydrogen) atoms. The molecule has 1 heterocycles. The SMILES string of the molecule is COc1ccc2c3c(nccc13)C(=O)c1cc(OCc3ccccc3)ccc1-2. The standard InChI is InChI=1S/C24H17NO3/c1-27-21-10-9-18-17-8-7-16(28-14-15-5-3-2-4-6-15)13-20(17)24(26)23-22(18)19(21)11-12-25-23/h2-13H,14H2,1H3. The summed E-state index contributed by atoms with van der Waals surface area (Å²) in [4.78, 5) is 17.5. The van der Waals surface area contributed by atoms with Crippen LogP contribution in [-0.2, 0) is 6.61 Å². The highest BCUT2D eigenvalue weighted by Crippen LogP contribution is 2.42. The fourth-order valence-corrected chi connectivity index (χ4v) is 3.75. The van der Waals surface area contributed by atoms with Gasteiger partial charge in [-0.3, -0.25) is 9.78 Å². The van der Waals surface area contributed by atoms with Gasteiger partial charge in [0.15, 0.2) is 0 Å². The summed E-state index contributed by atoms with van der Waals surface area (Å²) in [6, 6.07) is 21.4. The number of rotatable bonds is 4. The van der Waals surface area contributed by atoms with E-state index in [-0.39, 0.29) is 5.78 Å². The summed E-state index contributed by atoms with van der Waals surface area (Å²) in [5.41, 5.74) is 4.03. The van der Waals surface area contributed by atoms with Gasteiger partial charge in [0.25, 0.3) is 0 Å². The van der Waals surface area contributed by atoms with E-state index in [0.717, 1.165) is 33.2 Å². The summed E-state index contributed by atoms with van der Waals surface area (Å²) < 4.78 is 11.4. The van der Waals surface area contributed by atoms with Gasteiger partial charge in [0.1, 0.15) is 23.8 Å². The number of benzene rings is 3. The molecule has 4 heteroatoms. The Labute approximate surface area is 162 Å². The molecule has 5 rings (SSSR count). The Bertz CT molecular complexity index is 1220. The molecule has 0 saturated heterocycles. The van der Waals surface area contributed by atoms with Crippen molar-refractivity contribution in [2.24, 2.45) is 0 Å². The molecule has 4 aromatic rings. The Morgan fingerprint density at radius 2 is 1.71 bits per heavy atom. The molecule has 0 saturated carbocycles. The van der Waals surface area contributed by atoms with Gasteiger partial charge in [-0.1, -0.05) is 30.3 Å². The minimum Gasteiger partial charge on any atom is -0.496 e. The lowest BCUT2D eigenvalue weighted by molar-refractivity contribution is 0.103. The van der Waals surface area contributed by atoms with E-state index in [1.54, 1.807) is 13.3 Å². The van der Waals surface area contributed by atoms with Crippen molar-refractivity contribution in [2.45, 2.75) is 6.61 Å². The van der Waals surface area contributed by atoms with Crippen LogP contribution in [0.25, 0.3) is 21.9 Å². The lowest BCUT2D eigenvalue weighted by Crippen LogP contribution is -2.12. The van der Waals surface area contributed by atoms with E-state index in [0.29, 0.717) is 23.6 Å². The number of hydrogen-bond donors (Lipinski definition) is 0. The van der Waals surface area contributed by atoms with E-state index in [2.05, 4.69) is 4.98 Å². The number of methoxy groups -OCH3 is 1. The molecule has 0 amide bonds. The second-order valence-electron chi connectivity index (χ2n) is 6.71. The first kappa shape index (κ1) is 16.5. The van der Waals surface area contributed by atoms with Gasteiger partial charge in [-0.15, -0.1) is 0 Å². The van der Waals surface area contributed by atoms with Crippen molar-refractivity contribution in [3.05, 3.63) is 89.7 Å². The summed E-state index contributed by atoms with van der Waals surface area (Å²) in [6.07, 6.45) is 1.66. The van der Waals surface area contributed by atoms with Crippen LogP contribution >= 0.6 is 0 Å². The maximum atomic E-state index is 13.2. The normalized spacial score (nSPS) is 12.0. The van der Waals surface area contributed by atoms with Crippen molar-refractivity contribution in [1.82, 2.24) is 4.98 Å². The van der Waals surface area contributed by atoms with Gasteiger partial charge in [0.2, 0.25) is 5.78 Å². The van der Waals surface area contributed by atoms with Crippen LogP contribution in [0.3, 0.4) is 0 Å². The van der Waals surface area contributed by atoms with Crippen molar-refractivity contribution in [1.29, 1.82) is 0 Å². The minimum absolute atomic E-state index is 0.0912. The van der Waals surface area contributed by atoms with Crippen LogP contribution in [0.2, 0.25) is 0 Å². The Balaban J connectivity index is 1.59. The number of ketones is 1. The van der Waals surface area contributed by atoms with Crippen LogP contribution in [0.15, 0.2) is 72.9 Å². The summed E-state index contributed by atoms with van der Waals surface area (Å²) in [6.45, 7) is 0.454. The minimum atomic E-state index is -0.0912. The maximum absolute atomic E-state index is 13.2. The van der Waals surface area contributed by atoms with Gasteiger partial charge < -0.3 is 9.47 Å². The van der Waals surface area contributed by atoms with E-state index in [4.69, 9.17) is 9.47 Å². The van der Waals surface area contributed by atoms with Gasteiger partial charge in [-0.05, 0) is 53.1 Å². The van der Waals surface area contributed by atoms with E-state index in [1.807, 2.05) is 66.7 Å². The third-order valence-corrected chi connectivity index (χ3v) is 5.10. The molecule has 0 fully saturated rings. The lowest BCUT2D eigenvalue weighted by atomic mass is 9.85. The number of aromatic nitrogens is 1. The quantitative estimate of drug-likeness (QED) is 0.447. The molecule has 3 aromatic carbocycles. The zero-order valence-electron chi connectivity index (χ0n) is 15.3. The molecule has 0 unspecified atom stereocenters. The van der Waals surface area contributed by atoms with E-state index < -0.39 is 0 Å². The Morgan fingerprint density at radius 3 is 2.54 bits per heavy atom. The topological polar surface area (TPSA) is 48.4 Å². The van der Waals surface area contributed by atoms with Crippen molar-refractivity contribution >= 4 is 16.6 Å². The van der Waals surface area contributed by atoms with Crippen LogP contribution in [0, 0.1) is 0 Å². The number of nitrogens with zero attached hydrogens (tertiary/aromatic N) is 1. The van der Waals surface area contributed by atoms with Crippen LogP contribution in [0.4, 0.5) is 0 Å². The summed E-state index contributed by atoms with van der Waals surface area (Å²) in [5.74, 6) is 1.31. The molecule has 0 atom stereocenters. The molecule has 0 bridgehead atoms. The Morgan fingerprint density at radius 1 is 0.893 bits per heavy atom. The van der Waals surface area contributed by atoms with Gasteiger partial charge >= 0.3 is 0 Å². The van der Waals surface area contributed by atoms with Crippen LogP contribution in [0.5, 0.6) is 11.5 Å². The molecule has 1 aliphatic carbocycles. The predicted molar refractivity (Wildman–Crippen MR) is 108 cm³/mol. The third-order valence-electron chi connectivity index (χ3n) is 5.10. The van der Waals surface area contributed by atoms with E-state index in [9.17, 15) is 4.79 Å². The van der Waals surface area contributed by atoms with Gasteiger partial charge in [0.05, 0.1) is 7.11 Å². The average molecular weight is 367 g/mol.